The maximum atomic E-state index is 14.2. The van der Waals surface area contributed by atoms with Gasteiger partial charge >= 0.3 is 10.5 Å². The van der Waals surface area contributed by atoms with Gasteiger partial charge in [0.05, 0.1) is 28.7 Å². The van der Waals surface area contributed by atoms with E-state index in [9.17, 15) is 22.4 Å². The molecule has 3 aromatic heterocycles. The smallest absolute Gasteiger partial charge is 0.381 e. The summed E-state index contributed by atoms with van der Waals surface area (Å²) in [6, 6.07) is 12.8. The highest BCUT2D eigenvalue weighted by Crippen LogP contribution is 2.37. The van der Waals surface area contributed by atoms with E-state index >= 15 is 0 Å². The third-order valence-electron chi connectivity index (χ3n) is 7.68. The summed E-state index contributed by atoms with van der Waals surface area (Å²) in [5.74, 6) is -0.243. The molecule has 11 heteroatoms. The van der Waals surface area contributed by atoms with Crippen molar-refractivity contribution in [2.45, 2.75) is 45.1 Å². The van der Waals surface area contributed by atoms with Crippen LogP contribution in [0, 0.1) is 11.3 Å². The molecule has 0 spiro atoms. The van der Waals surface area contributed by atoms with Crippen molar-refractivity contribution in [3.05, 3.63) is 70.1 Å². The van der Waals surface area contributed by atoms with Crippen molar-refractivity contribution >= 4 is 43.3 Å². The fraction of sp³-hybridized carbons (Fsp3) is 0.300. The molecule has 1 N–H and O–H groups in total. The van der Waals surface area contributed by atoms with Crippen LogP contribution in [0.3, 0.4) is 0 Å². The van der Waals surface area contributed by atoms with E-state index in [2.05, 4.69) is 31.7 Å². The number of halogens is 1. The first-order valence-electron chi connectivity index (χ1n) is 13.5. The molecule has 0 amide bonds. The number of aromatic amines is 1. The van der Waals surface area contributed by atoms with Gasteiger partial charge in [0.2, 0.25) is 0 Å². The molecule has 1 aliphatic rings. The minimum Gasteiger partial charge on any atom is -0.381 e. The molecule has 0 saturated carbocycles. The highest BCUT2D eigenvalue weighted by Gasteiger charge is 2.25. The molecule has 0 atom stereocenters. The average molecular weight is 575 g/mol. The summed E-state index contributed by atoms with van der Waals surface area (Å²) < 4.78 is 47.9. The maximum Gasteiger partial charge on any atom is 0.488 e. The lowest BCUT2D eigenvalue weighted by molar-refractivity contribution is 0.0715. The largest absolute Gasteiger partial charge is 0.488 e. The minimum atomic E-state index is -5.23. The zero-order valence-corrected chi connectivity index (χ0v) is 23.1. The fourth-order valence-electron chi connectivity index (χ4n) is 5.82. The number of H-pyrrole nitrogens is 1. The number of nitrogens with zero attached hydrogens (tertiary/aromatic N) is 3. The van der Waals surface area contributed by atoms with Crippen LogP contribution in [0.2, 0.25) is 0 Å². The standard InChI is InChI=1S/C30H27FN4O5S/c1-2-3-4-19-13-25-27(14-24(19)20-12-22(17-33-16-20)40-41(31,37)38)35(21-7-9-39-10-8-21)30-28(29(25)36)23-6-5-18(15-32)11-26(23)34-30/h5-6,11-14,16-17,21,34H,2-4,7-10H2,1H3. The molecular weight excluding hydrogens is 547 g/mol. The number of pyridine rings is 2. The van der Waals surface area contributed by atoms with Gasteiger partial charge < -0.3 is 18.5 Å². The summed E-state index contributed by atoms with van der Waals surface area (Å²) >= 11 is 0. The van der Waals surface area contributed by atoms with E-state index in [4.69, 9.17) is 4.74 Å². The lowest BCUT2D eigenvalue weighted by Gasteiger charge is -2.28. The number of ether oxygens (including phenoxy) is 1. The number of aromatic nitrogens is 3. The van der Waals surface area contributed by atoms with Gasteiger partial charge in [0.1, 0.15) is 5.65 Å². The summed E-state index contributed by atoms with van der Waals surface area (Å²) in [7, 11) is -5.23. The van der Waals surface area contributed by atoms with E-state index < -0.39 is 10.5 Å². The van der Waals surface area contributed by atoms with E-state index in [0.717, 1.165) is 48.4 Å². The number of benzene rings is 2. The molecule has 1 saturated heterocycles. The summed E-state index contributed by atoms with van der Waals surface area (Å²) in [5.41, 5.74) is 4.66. The average Bonchev–Trinajstić information content (AvgIpc) is 3.34. The molecule has 0 bridgehead atoms. The van der Waals surface area contributed by atoms with Gasteiger partial charge in [0, 0.05) is 47.3 Å². The van der Waals surface area contributed by atoms with E-state index in [1.165, 1.54) is 6.07 Å². The van der Waals surface area contributed by atoms with Crippen LogP contribution in [-0.4, -0.2) is 36.2 Å². The number of nitriles is 1. The molecule has 0 unspecified atom stereocenters. The minimum absolute atomic E-state index is 0.0386. The van der Waals surface area contributed by atoms with Crippen LogP contribution in [0.4, 0.5) is 3.89 Å². The second-order valence-corrected chi connectivity index (χ2v) is 11.2. The number of hydrogen-bond donors (Lipinski definition) is 1. The Bertz CT molecular complexity index is 2020. The maximum absolute atomic E-state index is 14.2. The van der Waals surface area contributed by atoms with Gasteiger partial charge in [-0.05, 0) is 67.1 Å². The second kappa shape index (κ2) is 10.6. The van der Waals surface area contributed by atoms with Gasteiger partial charge in [-0.1, -0.05) is 23.3 Å². The number of fused-ring (bicyclic) bond motifs is 4. The lowest BCUT2D eigenvalue weighted by atomic mass is 9.93. The summed E-state index contributed by atoms with van der Waals surface area (Å²) in [6.07, 6.45) is 6.65. The van der Waals surface area contributed by atoms with Crippen molar-refractivity contribution in [2.24, 2.45) is 0 Å². The molecule has 2 aromatic carbocycles. The molecule has 9 nitrogen and oxygen atoms in total. The normalized spacial score (nSPS) is 14.6. The second-order valence-electron chi connectivity index (χ2n) is 10.3. The molecule has 1 aliphatic heterocycles. The van der Waals surface area contributed by atoms with E-state index in [0.29, 0.717) is 58.2 Å². The zero-order chi connectivity index (χ0) is 28.7. The molecule has 0 radical (unpaired) electrons. The first-order chi connectivity index (χ1) is 19.8. The van der Waals surface area contributed by atoms with Gasteiger partial charge in [0.25, 0.3) is 0 Å². The highest BCUT2D eigenvalue weighted by atomic mass is 32.3. The van der Waals surface area contributed by atoms with Crippen molar-refractivity contribution in [3.8, 4) is 22.9 Å². The van der Waals surface area contributed by atoms with Crippen molar-refractivity contribution < 1.29 is 21.2 Å². The predicted octanol–water partition coefficient (Wildman–Crippen LogP) is 5.86. The lowest BCUT2D eigenvalue weighted by Crippen LogP contribution is -2.22. The van der Waals surface area contributed by atoms with Gasteiger partial charge in [-0.25, -0.2) is 0 Å². The molecule has 0 aliphatic carbocycles. The summed E-state index contributed by atoms with van der Waals surface area (Å²) in [6.45, 7) is 3.24. The summed E-state index contributed by atoms with van der Waals surface area (Å²) in [4.78, 5) is 21.7. The predicted molar refractivity (Wildman–Crippen MR) is 154 cm³/mol. The fourth-order valence-corrected chi connectivity index (χ4v) is 6.15. The van der Waals surface area contributed by atoms with Crippen LogP contribution in [-0.2, 0) is 21.7 Å². The zero-order valence-electron chi connectivity index (χ0n) is 22.3. The van der Waals surface area contributed by atoms with Crippen LogP contribution >= 0.6 is 0 Å². The quantitative estimate of drug-likeness (QED) is 0.241. The molecule has 4 heterocycles. The Morgan fingerprint density at radius 3 is 2.71 bits per heavy atom. The van der Waals surface area contributed by atoms with Crippen LogP contribution in [0.5, 0.6) is 5.75 Å². The molecule has 5 aromatic rings. The van der Waals surface area contributed by atoms with Crippen molar-refractivity contribution in [3.63, 3.8) is 0 Å². The van der Waals surface area contributed by atoms with Gasteiger partial charge in [-0.15, -0.1) is 0 Å². The molecule has 41 heavy (non-hydrogen) atoms. The number of nitrogens with one attached hydrogen (secondary N) is 1. The number of aryl methyl sites for hydroxylation is 1. The number of hydrogen-bond acceptors (Lipinski definition) is 7. The number of unbranched alkanes of at least 4 members (excludes halogenated alkanes) is 1. The van der Waals surface area contributed by atoms with Gasteiger partial charge in [-0.3, -0.25) is 9.78 Å². The van der Waals surface area contributed by atoms with Crippen molar-refractivity contribution in [1.29, 1.82) is 5.26 Å². The molecule has 210 valence electrons. The Kier molecular flexibility index (Phi) is 6.97. The third-order valence-corrected chi connectivity index (χ3v) is 8.07. The summed E-state index contributed by atoms with van der Waals surface area (Å²) in [5, 5.41) is 11.3. The highest BCUT2D eigenvalue weighted by molar-refractivity contribution is 7.81. The van der Waals surface area contributed by atoms with Crippen LogP contribution in [0.1, 0.15) is 49.8 Å². The first-order valence-corrected chi connectivity index (χ1v) is 14.8. The Labute approximate surface area is 235 Å². The topological polar surface area (TPSA) is 127 Å². The monoisotopic (exact) mass is 574 g/mol. The third kappa shape index (κ3) is 5.05. The first kappa shape index (κ1) is 26.9. The van der Waals surface area contributed by atoms with Crippen LogP contribution in [0.25, 0.3) is 44.0 Å². The Hall–Kier alpha value is -4.27. The van der Waals surface area contributed by atoms with Gasteiger partial charge in [-0.2, -0.15) is 13.7 Å². The molecular formula is C30H27FN4O5S. The van der Waals surface area contributed by atoms with Crippen LogP contribution in [0.15, 0.2) is 53.6 Å². The van der Waals surface area contributed by atoms with E-state index in [1.54, 1.807) is 18.3 Å². The van der Waals surface area contributed by atoms with Crippen molar-refractivity contribution in [1.82, 2.24) is 14.5 Å². The molecule has 1 fully saturated rings. The van der Waals surface area contributed by atoms with E-state index in [1.807, 2.05) is 18.2 Å². The van der Waals surface area contributed by atoms with Crippen LogP contribution < -0.4 is 9.61 Å². The Morgan fingerprint density at radius 2 is 1.98 bits per heavy atom. The molecule has 6 rings (SSSR count). The Morgan fingerprint density at radius 1 is 1.17 bits per heavy atom. The van der Waals surface area contributed by atoms with Gasteiger partial charge in [0.15, 0.2) is 11.2 Å². The Balaban J connectivity index is 1.69. The van der Waals surface area contributed by atoms with E-state index in [-0.39, 0.29) is 17.2 Å². The SMILES string of the molecule is CCCCc1cc2c(=O)c3c4ccc(C#N)cc4[nH]c3n(C3CCOCC3)c2cc1-c1cncc(OS(=O)(=O)F)c1. The number of rotatable bonds is 7. The van der Waals surface area contributed by atoms with Crippen molar-refractivity contribution in [2.75, 3.05) is 13.2 Å².